The summed E-state index contributed by atoms with van der Waals surface area (Å²) in [7, 11) is 2.02. The van der Waals surface area contributed by atoms with Crippen molar-refractivity contribution in [2.75, 3.05) is 26.8 Å². The van der Waals surface area contributed by atoms with Crippen molar-refractivity contribution in [2.24, 2.45) is 5.41 Å². The number of rotatable bonds is 5. The van der Waals surface area contributed by atoms with Crippen molar-refractivity contribution in [2.45, 2.75) is 32.7 Å². The molecule has 17 heavy (non-hydrogen) atoms. The van der Waals surface area contributed by atoms with Crippen molar-refractivity contribution in [3.8, 4) is 0 Å². The van der Waals surface area contributed by atoms with Crippen LogP contribution in [0.5, 0.6) is 0 Å². The maximum Gasteiger partial charge on any atom is 0.138 e. The van der Waals surface area contributed by atoms with Crippen LogP contribution in [-0.2, 0) is 17.7 Å². The molecule has 1 fully saturated rings. The quantitative estimate of drug-likeness (QED) is 0.826. The molecule has 1 N–H and O–H groups in total. The zero-order valence-corrected chi connectivity index (χ0v) is 10.8. The fourth-order valence-electron chi connectivity index (χ4n) is 2.62. The van der Waals surface area contributed by atoms with E-state index in [1.165, 1.54) is 0 Å². The van der Waals surface area contributed by atoms with Crippen LogP contribution < -0.4 is 5.32 Å². The zero-order chi connectivity index (χ0) is 12.1. The third-order valence-corrected chi connectivity index (χ3v) is 3.63. The molecular formula is C12H22N4O. The van der Waals surface area contributed by atoms with Gasteiger partial charge >= 0.3 is 0 Å². The van der Waals surface area contributed by atoms with Gasteiger partial charge in [-0.1, -0.05) is 0 Å². The predicted octanol–water partition coefficient (Wildman–Crippen LogP) is 0.857. The highest BCUT2D eigenvalue weighted by Crippen LogP contribution is 2.33. The summed E-state index contributed by atoms with van der Waals surface area (Å²) in [6, 6.07) is 0. The molecule has 0 bridgehead atoms. The Labute approximate surface area is 103 Å². The van der Waals surface area contributed by atoms with E-state index < -0.39 is 0 Å². The lowest BCUT2D eigenvalue weighted by molar-refractivity contribution is 0.0144. The first-order valence-corrected chi connectivity index (χ1v) is 6.39. The number of aryl methyl sites for hydroxylation is 1. The summed E-state index contributed by atoms with van der Waals surface area (Å²) < 4.78 is 7.47. The molecule has 1 aliphatic rings. The molecule has 96 valence electrons. The largest absolute Gasteiger partial charge is 0.381 e. The number of hydrogen-bond donors (Lipinski definition) is 1. The third-order valence-electron chi connectivity index (χ3n) is 3.63. The van der Waals surface area contributed by atoms with Crippen LogP contribution in [0.15, 0.2) is 6.33 Å². The number of nitrogens with zero attached hydrogens (tertiary/aromatic N) is 3. The highest BCUT2D eigenvalue weighted by molar-refractivity contribution is 4.96. The van der Waals surface area contributed by atoms with Gasteiger partial charge in [-0.15, -0.1) is 0 Å². The molecule has 1 aromatic heterocycles. The van der Waals surface area contributed by atoms with E-state index in [4.69, 9.17) is 4.74 Å². The summed E-state index contributed by atoms with van der Waals surface area (Å²) in [6.45, 7) is 5.74. The van der Waals surface area contributed by atoms with E-state index in [9.17, 15) is 0 Å². The Bertz CT molecular complexity index is 339. The number of nitrogens with one attached hydrogen (secondary N) is 1. The molecule has 0 saturated carbocycles. The Hall–Kier alpha value is -0.940. The van der Waals surface area contributed by atoms with Crippen molar-refractivity contribution >= 4 is 0 Å². The molecule has 1 aromatic rings. The van der Waals surface area contributed by atoms with E-state index in [1.807, 2.05) is 11.7 Å². The van der Waals surface area contributed by atoms with E-state index in [2.05, 4.69) is 22.3 Å². The van der Waals surface area contributed by atoms with Crippen LogP contribution in [0.3, 0.4) is 0 Å². The van der Waals surface area contributed by atoms with Crippen molar-refractivity contribution in [1.29, 1.82) is 0 Å². The second-order valence-electron chi connectivity index (χ2n) is 4.81. The molecule has 0 unspecified atom stereocenters. The van der Waals surface area contributed by atoms with E-state index >= 15 is 0 Å². The topological polar surface area (TPSA) is 52.0 Å². The summed E-state index contributed by atoms with van der Waals surface area (Å²) in [4.78, 5) is 4.39. The fourth-order valence-corrected chi connectivity index (χ4v) is 2.62. The van der Waals surface area contributed by atoms with Gasteiger partial charge in [-0.3, -0.25) is 4.68 Å². The van der Waals surface area contributed by atoms with E-state index in [1.54, 1.807) is 6.33 Å². The Morgan fingerprint density at radius 2 is 2.24 bits per heavy atom. The monoisotopic (exact) mass is 238 g/mol. The number of ether oxygens (including phenoxy) is 1. The van der Waals surface area contributed by atoms with Crippen LogP contribution in [0.4, 0.5) is 0 Å². The number of aromatic nitrogens is 3. The SMILES string of the molecule is CCn1ncnc1CC1(CNC)CCOCC1. The first-order valence-electron chi connectivity index (χ1n) is 6.39. The lowest BCUT2D eigenvalue weighted by Gasteiger charge is -2.36. The predicted molar refractivity (Wildman–Crippen MR) is 65.8 cm³/mol. The van der Waals surface area contributed by atoms with Gasteiger partial charge in [-0.2, -0.15) is 5.10 Å². The first-order chi connectivity index (χ1) is 8.29. The highest BCUT2D eigenvalue weighted by Gasteiger charge is 2.33. The molecule has 2 rings (SSSR count). The van der Waals surface area contributed by atoms with Crippen molar-refractivity contribution in [1.82, 2.24) is 20.1 Å². The van der Waals surface area contributed by atoms with Crippen molar-refractivity contribution in [3.05, 3.63) is 12.2 Å². The van der Waals surface area contributed by atoms with Crippen LogP contribution in [0, 0.1) is 5.41 Å². The van der Waals surface area contributed by atoms with Gasteiger partial charge in [-0.05, 0) is 32.2 Å². The Morgan fingerprint density at radius 3 is 2.88 bits per heavy atom. The minimum Gasteiger partial charge on any atom is -0.381 e. The van der Waals surface area contributed by atoms with Crippen LogP contribution in [0.25, 0.3) is 0 Å². The van der Waals surface area contributed by atoms with Crippen molar-refractivity contribution in [3.63, 3.8) is 0 Å². The van der Waals surface area contributed by atoms with Crippen LogP contribution in [0.1, 0.15) is 25.6 Å². The molecule has 0 aromatic carbocycles. The molecule has 5 nitrogen and oxygen atoms in total. The van der Waals surface area contributed by atoms with Gasteiger partial charge < -0.3 is 10.1 Å². The fraction of sp³-hybridized carbons (Fsp3) is 0.833. The second-order valence-corrected chi connectivity index (χ2v) is 4.81. The molecule has 0 atom stereocenters. The standard InChI is InChI=1S/C12H22N4O/c1-3-16-11(14-10-15-16)8-12(9-13-2)4-6-17-7-5-12/h10,13H,3-9H2,1-2H3. The van der Waals surface area contributed by atoms with Crippen LogP contribution in [0.2, 0.25) is 0 Å². The molecule has 1 aliphatic heterocycles. The van der Waals surface area contributed by atoms with Gasteiger partial charge in [0, 0.05) is 32.7 Å². The Balaban J connectivity index is 2.11. The smallest absolute Gasteiger partial charge is 0.138 e. The van der Waals surface area contributed by atoms with Gasteiger partial charge in [-0.25, -0.2) is 4.98 Å². The average molecular weight is 238 g/mol. The lowest BCUT2D eigenvalue weighted by atomic mass is 9.77. The van der Waals surface area contributed by atoms with E-state index in [0.29, 0.717) is 0 Å². The number of hydrogen-bond acceptors (Lipinski definition) is 4. The highest BCUT2D eigenvalue weighted by atomic mass is 16.5. The molecular weight excluding hydrogens is 216 g/mol. The van der Waals surface area contributed by atoms with E-state index in [0.717, 1.165) is 51.4 Å². The normalized spacial score (nSPS) is 19.4. The molecule has 0 radical (unpaired) electrons. The Kier molecular flexibility index (Phi) is 4.12. The third kappa shape index (κ3) is 2.84. The average Bonchev–Trinajstić information content (AvgIpc) is 2.77. The molecule has 1 saturated heterocycles. The van der Waals surface area contributed by atoms with Crippen LogP contribution >= 0.6 is 0 Å². The summed E-state index contributed by atoms with van der Waals surface area (Å²) in [5.41, 5.74) is 0.285. The van der Waals surface area contributed by atoms with Gasteiger partial charge in [0.1, 0.15) is 12.2 Å². The zero-order valence-electron chi connectivity index (χ0n) is 10.8. The summed E-state index contributed by atoms with van der Waals surface area (Å²) >= 11 is 0. The molecule has 2 heterocycles. The minimum atomic E-state index is 0.285. The Morgan fingerprint density at radius 1 is 1.47 bits per heavy atom. The van der Waals surface area contributed by atoms with Gasteiger partial charge in [0.15, 0.2) is 0 Å². The first kappa shape index (κ1) is 12.5. The molecule has 5 heteroatoms. The molecule has 0 amide bonds. The summed E-state index contributed by atoms with van der Waals surface area (Å²) in [6.07, 6.45) is 4.85. The lowest BCUT2D eigenvalue weighted by Crippen LogP contribution is -2.40. The second kappa shape index (κ2) is 5.60. The summed E-state index contributed by atoms with van der Waals surface area (Å²) in [5, 5.41) is 7.56. The van der Waals surface area contributed by atoms with Gasteiger partial charge in [0.05, 0.1) is 0 Å². The maximum absolute atomic E-state index is 5.48. The maximum atomic E-state index is 5.48. The van der Waals surface area contributed by atoms with Gasteiger partial charge in [0.2, 0.25) is 0 Å². The van der Waals surface area contributed by atoms with Crippen molar-refractivity contribution < 1.29 is 4.74 Å². The van der Waals surface area contributed by atoms with Crippen LogP contribution in [-0.4, -0.2) is 41.6 Å². The minimum absolute atomic E-state index is 0.285. The molecule has 0 aliphatic carbocycles. The van der Waals surface area contributed by atoms with Gasteiger partial charge in [0.25, 0.3) is 0 Å². The summed E-state index contributed by atoms with van der Waals surface area (Å²) in [5.74, 6) is 1.10. The molecule has 0 spiro atoms. The van der Waals surface area contributed by atoms with E-state index in [-0.39, 0.29) is 5.41 Å².